The molecule has 8 heterocycles. The van der Waals surface area contributed by atoms with E-state index in [0.29, 0.717) is 77.0 Å². The molecule has 472 valence electrons. The van der Waals surface area contributed by atoms with Gasteiger partial charge in [-0.2, -0.15) is 32.1 Å². The van der Waals surface area contributed by atoms with Crippen molar-refractivity contribution in [2.24, 2.45) is 46.7 Å². The number of carbonyl (C=O) groups is 3. The molecule has 0 spiro atoms. The minimum atomic E-state index is -4.15. The number of rotatable bonds is 16. The Labute approximate surface area is 625 Å². The molecule has 0 unspecified atom stereocenters. The molecule has 5 aromatic rings. The molecule has 14 rings (SSSR count). The number of ether oxygens (including phenoxy) is 2. The SMILES string of the molecule is C=[N+]1N=CC(S(=O)(=O)NC(=O)c2ccc(-n3ccc(OCC45CC(C4)C5)n3)nc2Cl)=C1C.C[C@@H]1CNC(C)(C)C1.Cc1c(S(=O)(=O)NC(=O)c2ccc(-n3ccc(OCC45CC(C4)C5)n3)nc2N2C[C@@H](C)CC2(C)C)cnn1C.Cl.O=CO[O-].S.S.[H-].[K+].[K+]. The van der Waals surface area contributed by atoms with E-state index < -0.39 is 31.9 Å². The van der Waals surface area contributed by atoms with Gasteiger partial charge in [0.25, 0.3) is 38.3 Å². The molecule has 0 aromatic carbocycles. The zero-order valence-electron chi connectivity index (χ0n) is 52.4. The summed E-state index contributed by atoms with van der Waals surface area (Å²) in [6.07, 6.45) is 15.5. The molecule has 9 aliphatic rings. The average molecular weight is 1390 g/mol. The molecule has 8 fully saturated rings. The second-order valence-electron chi connectivity index (χ2n) is 24.5. The number of sulfonamides is 2. The van der Waals surface area contributed by atoms with Crippen LogP contribution in [0.25, 0.3) is 11.6 Å². The fraction of sp³-hybridized carbons (Fsp3) is 0.527. The van der Waals surface area contributed by atoms with Gasteiger partial charge < -0.3 is 31.3 Å². The summed E-state index contributed by atoms with van der Waals surface area (Å²) in [5.74, 6) is 3.72. The summed E-state index contributed by atoms with van der Waals surface area (Å²) in [5, 5.41) is 28.4. The normalized spacial score (nSPS) is 23.3. The maximum absolute atomic E-state index is 13.5. The van der Waals surface area contributed by atoms with E-state index in [1.807, 2.05) is 10.8 Å². The van der Waals surface area contributed by atoms with Gasteiger partial charge in [-0.15, -0.1) is 22.6 Å². The quantitative estimate of drug-likeness (QED) is 0.0291. The summed E-state index contributed by atoms with van der Waals surface area (Å²) in [6.45, 7) is 23.0. The number of aromatic nitrogens is 8. The number of pyridine rings is 2. The van der Waals surface area contributed by atoms with Gasteiger partial charge in [0.2, 0.25) is 17.5 Å². The number of nitrogens with one attached hydrogen (secondary N) is 3. The molecule has 0 radical (unpaired) electrons. The van der Waals surface area contributed by atoms with Crippen LogP contribution >= 0.6 is 51.0 Å². The van der Waals surface area contributed by atoms with Gasteiger partial charge in [-0.25, -0.2) is 45.6 Å². The fourth-order valence-corrected chi connectivity index (χ4v) is 14.7. The van der Waals surface area contributed by atoms with Crippen LogP contribution in [0.3, 0.4) is 0 Å². The largest absolute Gasteiger partial charge is 1.00 e. The van der Waals surface area contributed by atoms with E-state index in [9.17, 15) is 26.4 Å². The number of hydrazone groups is 1. The molecule has 4 bridgehead atoms. The Hall–Kier alpha value is -2.81. The first kappa shape index (κ1) is 77.6. The Morgan fingerprint density at radius 2 is 1.31 bits per heavy atom. The second-order valence-corrected chi connectivity index (χ2v) is 28.1. The maximum Gasteiger partial charge on any atom is 1.00 e. The number of amides is 2. The Bertz CT molecular complexity index is 3630. The van der Waals surface area contributed by atoms with E-state index in [0.717, 1.165) is 35.1 Å². The number of allylic oxidation sites excluding steroid dienone is 2. The van der Waals surface area contributed by atoms with Crippen molar-refractivity contribution >= 4 is 108 Å². The van der Waals surface area contributed by atoms with Crippen molar-refractivity contribution in [2.45, 2.75) is 123 Å². The Kier molecular flexibility index (Phi) is 27.3. The van der Waals surface area contributed by atoms with Gasteiger partial charge in [0.1, 0.15) is 22.1 Å². The number of aryl methyl sites for hydroxylation is 1. The molecule has 3 aliphatic heterocycles. The third-order valence-corrected chi connectivity index (χ3v) is 19.8. The van der Waals surface area contributed by atoms with Gasteiger partial charge in [0, 0.05) is 67.0 Å². The van der Waals surface area contributed by atoms with Gasteiger partial charge >= 0.3 is 103 Å². The Morgan fingerprint density at radius 3 is 1.69 bits per heavy atom. The molecule has 88 heavy (non-hydrogen) atoms. The van der Waals surface area contributed by atoms with Crippen LogP contribution in [0.15, 0.2) is 75.6 Å². The van der Waals surface area contributed by atoms with Crippen LogP contribution in [-0.2, 0) is 36.8 Å². The molecule has 2 amide bonds. The summed E-state index contributed by atoms with van der Waals surface area (Å²) in [4.78, 5) is 48.2. The van der Waals surface area contributed by atoms with Crippen LogP contribution in [0, 0.1) is 41.4 Å². The molecule has 6 saturated carbocycles. The first-order valence-corrected chi connectivity index (χ1v) is 30.7. The summed E-state index contributed by atoms with van der Waals surface area (Å²) >= 11 is 6.18. The van der Waals surface area contributed by atoms with Crippen molar-refractivity contribution < 1.29 is 160 Å². The summed E-state index contributed by atoms with van der Waals surface area (Å²) in [5.41, 5.74) is 1.64. The number of hydrogen-bond donors (Lipinski definition) is 3. The van der Waals surface area contributed by atoms with Crippen LogP contribution in [0.5, 0.6) is 11.8 Å². The predicted octanol–water partition coefficient (Wildman–Crippen LogP) is -0.0682. The molecule has 6 aliphatic carbocycles. The smallest absolute Gasteiger partial charge is 1.00 e. The summed E-state index contributed by atoms with van der Waals surface area (Å²) in [6, 6.07) is 9.74. The van der Waals surface area contributed by atoms with E-state index in [1.54, 1.807) is 49.2 Å². The maximum atomic E-state index is 13.5. The van der Waals surface area contributed by atoms with Crippen LogP contribution < -0.4 is 137 Å². The zero-order valence-corrected chi connectivity index (χ0v) is 62.8. The first-order chi connectivity index (χ1) is 39.0. The van der Waals surface area contributed by atoms with Crippen molar-refractivity contribution in [1.29, 1.82) is 0 Å². The van der Waals surface area contributed by atoms with Crippen LogP contribution in [-0.4, -0.2) is 129 Å². The van der Waals surface area contributed by atoms with E-state index in [4.69, 9.17) is 36.1 Å². The monoisotopic (exact) mass is 1390 g/mol. The van der Waals surface area contributed by atoms with Gasteiger partial charge in [-0.1, -0.05) is 30.1 Å². The molecular weight excluding hydrogens is 1310 g/mol. The Morgan fingerprint density at radius 1 is 0.807 bits per heavy atom. The fourth-order valence-electron chi connectivity index (χ4n) is 12.1. The van der Waals surface area contributed by atoms with Gasteiger partial charge in [0.15, 0.2) is 23.3 Å². The molecule has 33 heteroatoms. The summed E-state index contributed by atoms with van der Waals surface area (Å²) in [7, 11) is -6.63. The van der Waals surface area contributed by atoms with E-state index in [-0.39, 0.29) is 187 Å². The van der Waals surface area contributed by atoms with Gasteiger partial charge in [-0.3, -0.25) is 19.1 Å². The van der Waals surface area contributed by atoms with Crippen molar-refractivity contribution in [2.75, 3.05) is 31.2 Å². The minimum Gasteiger partial charge on any atom is -1.00 e. The zero-order chi connectivity index (χ0) is 60.0. The average Bonchev–Trinajstić information content (AvgIpc) is 1.62. The molecule has 25 nitrogen and oxygen atoms in total. The van der Waals surface area contributed by atoms with Gasteiger partial charge in [-0.05, 0) is 146 Å². The van der Waals surface area contributed by atoms with Crippen LogP contribution in [0.4, 0.5) is 5.82 Å². The topological polar surface area (TPSA) is 304 Å². The van der Waals surface area contributed by atoms with E-state index in [1.165, 1.54) is 86.1 Å². The third-order valence-electron chi connectivity index (χ3n) is 16.6. The second kappa shape index (κ2) is 31.0. The number of carbonyl (C=O) groups excluding carboxylic acids is 3. The van der Waals surface area contributed by atoms with Crippen molar-refractivity contribution in [3.8, 4) is 23.4 Å². The molecule has 3 N–H and O–H groups in total. The van der Waals surface area contributed by atoms with Crippen LogP contribution in [0.1, 0.15) is 128 Å². The minimum absolute atomic E-state index is 0. The number of nitrogens with zero attached hydrogens (tertiary/aromatic N) is 11. The van der Waals surface area contributed by atoms with Gasteiger partial charge in [0.05, 0.1) is 36.2 Å². The number of hydrogen-bond acceptors (Lipinski definition) is 19. The van der Waals surface area contributed by atoms with E-state index in [2.05, 4.69) is 93.5 Å². The molecule has 2 saturated heterocycles. The molecular formula is C55H77Cl2K2N14O11S4+. The number of anilines is 1. The third kappa shape index (κ3) is 17.7. The Balaban J connectivity index is 0.000000374. The molecule has 5 aromatic heterocycles. The first-order valence-electron chi connectivity index (χ1n) is 27.3. The van der Waals surface area contributed by atoms with Crippen LogP contribution in [0.2, 0.25) is 5.15 Å². The number of halogens is 2. The van der Waals surface area contributed by atoms with E-state index >= 15 is 0 Å². The van der Waals surface area contributed by atoms with Crippen molar-refractivity contribution in [3.05, 3.63) is 87.6 Å². The summed E-state index contributed by atoms with van der Waals surface area (Å²) < 4.78 is 72.9. The molecule has 2 atom stereocenters. The van der Waals surface area contributed by atoms with Crippen molar-refractivity contribution in [1.82, 2.24) is 54.1 Å². The predicted molar refractivity (Wildman–Crippen MR) is 333 cm³/mol. The standard InChI is InChI=1S/C27H35N7O4S.C20H19ClN6O4S.C7H15N.CH2O3.ClH.2K.2H2S.H/c1-17-10-26(3,4)33(15-17)24-20(25(35)31-39(36,37)21-14-28-32(5)18(21)2)6-7-22(29-24)34-9-8-23(30-34)38-16-27-11-19(12-27)13-27;1-12-15(10-22-26(12)2)32(29,30)25-19(28)14-3-4-16(23-18(14)21)27-6-5-17(24-27)31-11-20-7-13(8-20)9-20;1-6-4-7(2,3)8-5-6;2-1-4-3;;;;;;/h6-9,14,17,19H,10-13,15-16H2,1-5H3,(H,31,35);3-6,10,13H,2,7-9,11H2,1H3;6,8H,4-5H2,1-3H3;1,3H;1H;;;2*1H2;/q;;;;;2*+1;;;-1/t17-,19?,27?;;6-;;;;;;;/m0.0......./s1. The van der Waals surface area contributed by atoms with Crippen molar-refractivity contribution in [3.63, 3.8) is 0 Å².